The van der Waals surface area contributed by atoms with Crippen LogP contribution in [0.25, 0.3) is 22.4 Å². The minimum absolute atomic E-state index is 0.0235. The van der Waals surface area contributed by atoms with Gasteiger partial charge in [-0.15, -0.1) is 0 Å². The highest BCUT2D eigenvalue weighted by Gasteiger charge is 2.22. The highest BCUT2D eigenvalue weighted by molar-refractivity contribution is 5.81. The van der Waals surface area contributed by atoms with Gasteiger partial charge in [-0.05, 0) is 43.7 Å². The second kappa shape index (κ2) is 5.67. The summed E-state index contributed by atoms with van der Waals surface area (Å²) < 4.78 is 30.2. The van der Waals surface area contributed by atoms with Crippen LogP contribution in [0.15, 0.2) is 48.9 Å². The number of rotatable bonds is 3. The zero-order valence-corrected chi connectivity index (χ0v) is 12.3. The fourth-order valence-electron chi connectivity index (χ4n) is 2.47. The second-order valence-corrected chi connectivity index (χ2v) is 5.28. The molecule has 3 rings (SSSR count). The van der Waals surface area contributed by atoms with Crippen LogP contribution < -0.4 is 0 Å². The molecule has 0 radical (unpaired) electrons. The van der Waals surface area contributed by atoms with Crippen LogP contribution in [0.3, 0.4) is 0 Å². The molecule has 0 saturated heterocycles. The normalized spacial score (nSPS) is 11.1. The van der Waals surface area contributed by atoms with Crippen LogP contribution in [0, 0.1) is 11.6 Å². The maximum Gasteiger partial charge on any atom is 0.135 e. The van der Waals surface area contributed by atoms with Gasteiger partial charge >= 0.3 is 0 Å². The van der Waals surface area contributed by atoms with Crippen LogP contribution in [0.1, 0.15) is 19.9 Å². The molecular weight excluding hydrogens is 284 g/mol. The van der Waals surface area contributed by atoms with Gasteiger partial charge in [0.15, 0.2) is 0 Å². The van der Waals surface area contributed by atoms with Crippen LogP contribution in [0.4, 0.5) is 8.78 Å². The fourth-order valence-corrected chi connectivity index (χ4v) is 2.47. The van der Waals surface area contributed by atoms with Gasteiger partial charge < -0.3 is 0 Å². The molecule has 0 atom stereocenters. The SMILES string of the molecule is CC(C)n1ncc(-c2ccncc2)c1-c1c(F)cccc1F. The smallest absolute Gasteiger partial charge is 0.135 e. The standard InChI is InChI=1S/C17H15F2N3/c1-11(2)22-17(16-14(18)4-3-5-15(16)19)13(10-21-22)12-6-8-20-9-7-12/h3-11H,1-2H3. The molecule has 22 heavy (non-hydrogen) atoms. The second-order valence-electron chi connectivity index (χ2n) is 5.28. The minimum Gasteiger partial charge on any atom is -0.265 e. The lowest BCUT2D eigenvalue weighted by Crippen LogP contribution is -2.07. The number of nitrogens with zero attached hydrogens (tertiary/aromatic N) is 3. The van der Waals surface area contributed by atoms with Crippen LogP contribution >= 0.6 is 0 Å². The molecule has 3 aromatic rings. The van der Waals surface area contributed by atoms with E-state index in [4.69, 9.17) is 0 Å². The van der Waals surface area contributed by atoms with Crippen molar-refractivity contribution < 1.29 is 8.78 Å². The monoisotopic (exact) mass is 299 g/mol. The van der Waals surface area contributed by atoms with E-state index in [1.807, 2.05) is 13.8 Å². The number of hydrogen-bond acceptors (Lipinski definition) is 2. The van der Waals surface area contributed by atoms with Gasteiger partial charge in [0.25, 0.3) is 0 Å². The number of aromatic nitrogens is 3. The summed E-state index contributed by atoms with van der Waals surface area (Å²) in [6.45, 7) is 3.84. The van der Waals surface area contributed by atoms with Crippen molar-refractivity contribution in [3.05, 3.63) is 60.6 Å². The van der Waals surface area contributed by atoms with Crippen molar-refractivity contribution >= 4 is 0 Å². The van der Waals surface area contributed by atoms with Gasteiger partial charge in [0.1, 0.15) is 11.6 Å². The van der Waals surface area contributed by atoms with E-state index in [2.05, 4.69) is 10.1 Å². The first-order chi connectivity index (χ1) is 10.6. The molecule has 0 bridgehead atoms. The Balaban J connectivity index is 2.32. The molecule has 2 heterocycles. The van der Waals surface area contributed by atoms with Crippen molar-refractivity contribution in [2.75, 3.05) is 0 Å². The Morgan fingerprint density at radius 1 is 1.00 bits per heavy atom. The number of benzene rings is 1. The first-order valence-corrected chi connectivity index (χ1v) is 7.02. The topological polar surface area (TPSA) is 30.7 Å². The van der Waals surface area contributed by atoms with Crippen molar-refractivity contribution in [3.63, 3.8) is 0 Å². The molecule has 0 saturated carbocycles. The van der Waals surface area contributed by atoms with Crippen molar-refractivity contribution in [2.24, 2.45) is 0 Å². The summed E-state index contributed by atoms with van der Waals surface area (Å²) in [6.07, 6.45) is 4.92. The van der Waals surface area contributed by atoms with Gasteiger partial charge in [-0.1, -0.05) is 6.07 Å². The number of pyridine rings is 1. The van der Waals surface area contributed by atoms with Crippen LogP contribution in [-0.4, -0.2) is 14.8 Å². The molecule has 0 spiro atoms. The van der Waals surface area contributed by atoms with Crippen molar-refractivity contribution in [2.45, 2.75) is 19.9 Å². The number of halogens is 2. The molecule has 0 aliphatic heterocycles. The van der Waals surface area contributed by atoms with E-state index < -0.39 is 11.6 Å². The Morgan fingerprint density at radius 2 is 1.64 bits per heavy atom. The summed E-state index contributed by atoms with van der Waals surface area (Å²) in [5.74, 6) is -1.20. The minimum atomic E-state index is -0.599. The molecular formula is C17H15F2N3. The Morgan fingerprint density at radius 3 is 2.23 bits per heavy atom. The Hall–Kier alpha value is -2.56. The third-order valence-electron chi connectivity index (χ3n) is 3.48. The van der Waals surface area contributed by atoms with Gasteiger partial charge in [-0.25, -0.2) is 8.78 Å². The molecule has 0 aliphatic rings. The predicted octanol–water partition coefficient (Wildman–Crippen LogP) is 4.47. The van der Waals surface area contributed by atoms with Crippen molar-refractivity contribution in [1.29, 1.82) is 0 Å². The third kappa shape index (κ3) is 2.39. The van der Waals surface area contributed by atoms with Crippen LogP contribution in [0.5, 0.6) is 0 Å². The van der Waals surface area contributed by atoms with E-state index >= 15 is 0 Å². The molecule has 0 aliphatic carbocycles. The van der Waals surface area contributed by atoms with E-state index in [0.717, 1.165) is 5.56 Å². The lowest BCUT2D eigenvalue weighted by molar-refractivity contribution is 0.529. The zero-order chi connectivity index (χ0) is 15.7. The average molecular weight is 299 g/mol. The summed E-state index contributed by atoms with van der Waals surface area (Å²) >= 11 is 0. The van der Waals surface area contributed by atoms with Crippen LogP contribution in [0.2, 0.25) is 0 Å². The van der Waals surface area contributed by atoms with Gasteiger partial charge in [0, 0.05) is 24.0 Å². The molecule has 2 aromatic heterocycles. The average Bonchev–Trinajstić information content (AvgIpc) is 2.93. The Kier molecular flexibility index (Phi) is 3.71. The lowest BCUT2D eigenvalue weighted by Gasteiger charge is -2.14. The third-order valence-corrected chi connectivity index (χ3v) is 3.48. The van der Waals surface area contributed by atoms with Crippen LogP contribution in [-0.2, 0) is 0 Å². The van der Waals surface area contributed by atoms with Gasteiger partial charge in [0.2, 0.25) is 0 Å². The van der Waals surface area contributed by atoms with Gasteiger partial charge in [-0.3, -0.25) is 9.67 Å². The van der Waals surface area contributed by atoms with E-state index in [-0.39, 0.29) is 11.6 Å². The molecule has 0 fully saturated rings. The molecule has 0 amide bonds. The molecule has 1 aromatic carbocycles. The summed E-state index contributed by atoms with van der Waals surface area (Å²) in [5, 5.41) is 4.31. The van der Waals surface area contributed by atoms with E-state index in [1.165, 1.54) is 18.2 Å². The molecule has 0 N–H and O–H groups in total. The summed E-state index contributed by atoms with van der Waals surface area (Å²) in [5.41, 5.74) is 1.89. The number of hydrogen-bond donors (Lipinski definition) is 0. The van der Waals surface area contributed by atoms with E-state index in [9.17, 15) is 8.78 Å². The summed E-state index contributed by atoms with van der Waals surface area (Å²) in [4.78, 5) is 3.97. The lowest BCUT2D eigenvalue weighted by atomic mass is 10.0. The first kappa shape index (κ1) is 14.4. The summed E-state index contributed by atoms with van der Waals surface area (Å²) in [7, 11) is 0. The molecule has 5 heteroatoms. The molecule has 112 valence electrons. The Labute approximate surface area is 127 Å². The predicted molar refractivity (Wildman–Crippen MR) is 81.2 cm³/mol. The molecule has 0 unspecified atom stereocenters. The van der Waals surface area contributed by atoms with Crippen molar-refractivity contribution in [1.82, 2.24) is 14.8 Å². The van der Waals surface area contributed by atoms with Crippen molar-refractivity contribution in [3.8, 4) is 22.4 Å². The zero-order valence-electron chi connectivity index (χ0n) is 12.3. The maximum atomic E-state index is 14.3. The Bertz CT molecular complexity index is 775. The molecule has 3 nitrogen and oxygen atoms in total. The quantitative estimate of drug-likeness (QED) is 0.714. The fraction of sp³-hybridized carbons (Fsp3) is 0.176. The maximum absolute atomic E-state index is 14.3. The summed E-state index contributed by atoms with van der Waals surface area (Å²) in [6, 6.07) is 7.44. The van der Waals surface area contributed by atoms with E-state index in [1.54, 1.807) is 35.4 Å². The first-order valence-electron chi connectivity index (χ1n) is 7.02. The highest BCUT2D eigenvalue weighted by atomic mass is 19.1. The van der Waals surface area contributed by atoms with E-state index in [0.29, 0.717) is 11.3 Å². The van der Waals surface area contributed by atoms with Gasteiger partial charge in [0.05, 0.1) is 17.5 Å². The largest absolute Gasteiger partial charge is 0.265 e. The van der Waals surface area contributed by atoms with Gasteiger partial charge in [-0.2, -0.15) is 5.10 Å². The highest BCUT2D eigenvalue weighted by Crippen LogP contribution is 2.36.